The lowest BCUT2D eigenvalue weighted by molar-refractivity contribution is -0.148. The predicted molar refractivity (Wildman–Crippen MR) is 85.6 cm³/mol. The van der Waals surface area contributed by atoms with E-state index in [1.54, 1.807) is 0 Å². The minimum absolute atomic E-state index is 0.303. The van der Waals surface area contributed by atoms with Gasteiger partial charge < -0.3 is 14.7 Å². The third kappa shape index (κ3) is 1.60. The van der Waals surface area contributed by atoms with Gasteiger partial charge in [0.25, 0.3) is 0 Å². The summed E-state index contributed by atoms with van der Waals surface area (Å²) in [6.45, 7) is 3.33. The Bertz CT molecular complexity index is 772. The maximum absolute atomic E-state index is 5.96. The van der Waals surface area contributed by atoms with Gasteiger partial charge in [-0.3, -0.25) is 4.90 Å². The molecule has 0 radical (unpaired) electrons. The highest BCUT2D eigenvalue weighted by atomic mass is 16.7. The molecular weight excluding hydrogens is 276 g/mol. The van der Waals surface area contributed by atoms with Crippen molar-refractivity contribution in [1.29, 1.82) is 0 Å². The first-order chi connectivity index (χ1) is 10.8. The molecule has 0 aliphatic carbocycles. The lowest BCUT2D eigenvalue weighted by Gasteiger charge is -2.49. The first-order valence-electron chi connectivity index (χ1n) is 8.07. The van der Waals surface area contributed by atoms with Gasteiger partial charge in [-0.25, -0.2) is 0 Å². The molecule has 22 heavy (non-hydrogen) atoms. The highest BCUT2D eigenvalue weighted by molar-refractivity contribution is 6.02. The molecule has 1 aromatic heterocycles. The number of nitrogens with zero attached hydrogens (tertiary/aromatic N) is 3. The Balaban J connectivity index is 1.50. The first-order valence-corrected chi connectivity index (χ1v) is 8.07. The SMILES string of the molecule is Cn1c(C2=NO[C@]3(CN4CCC3CC4)N2)cc2ccccc21. The highest BCUT2D eigenvalue weighted by Crippen LogP contribution is 2.39. The van der Waals surface area contributed by atoms with Crippen molar-refractivity contribution in [2.45, 2.75) is 18.6 Å². The molecule has 5 nitrogen and oxygen atoms in total. The minimum atomic E-state index is -0.303. The number of benzene rings is 1. The van der Waals surface area contributed by atoms with Crippen molar-refractivity contribution in [3.05, 3.63) is 36.0 Å². The summed E-state index contributed by atoms with van der Waals surface area (Å²) in [5.74, 6) is 1.43. The summed E-state index contributed by atoms with van der Waals surface area (Å²) in [7, 11) is 2.09. The smallest absolute Gasteiger partial charge is 0.224 e. The standard InChI is InChI=1S/C17H20N4O/c1-20-14-5-3-2-4-12(14)10-15(20)16-18-17(22-19-16)11-21-8-6-13(17)7-9-21/h2-5,10,13H,6-9,11H2,1H3,(H,18,19)/t17-/m0/s1. The molecule has 2 aromatic rings. The van der Waals surface area contributed by atoms with Crippen LogP contribution >= 0.6 is 0 Å². The number of amidine groups is 1. The molecule has 1 aromatic carbocycles. The van der Waals surface area contributed by atoms with Crippen LogP contribution in [0.15, 0.2) is 35.5 Å². The van der Waals surface area contributed by atoms with E-state index in [9.17, 15) is 0 Å². The lowest BCUT2D eigenvalue weighted by atomic mass is 9.81. The Kier molecular flexibility index (Phi) is 2.42. The number of fused-ring (bicyclic) bond motifs is 3. The second kappa shape index (κ2) is 4.26. The number of aryl methyl sites for hydroxylation is 1. The first kappa shape index (κ1) is 12.5. The normalized spacial score (nSPS) is 33.0. The largest absolute Gasteiger partial charge is 0.364 e. The zero-order chi connectivity index (χ0) is 14.7. The van der Waals surface area contributed by atoms with Crippen molar-refractivity contribution in [1.82, 2.24) is 14.8 Å². The van der Waals surface area contributed by atoms with Crippen molar-refractivity contribution >= 4 is 16.7 Å². The van der Waals surface area contributed by atoms with Crippen LogP contribution in [-0.2, 0) is 11.9 Å². The number of rotatable bonds is 1. The zero-order valence-electron chi connectivity index (χ0n) is 12.7. The van der Waals surface area contributed by atoms with Gasteiger partial charge in [-0.2, -0.15) is 0 Å². The van der Waals surface area contributed by atoms with E-state index >= 15 is 0 Å². The molecule has 0 unspecified atom stereocenters. The van der Waals surface area contributed by atoms with Crippen LogP contribution in [0.4, 0.5) is 0 Å². The molecule has 1 atom stereocenters. The Morgan fingerprint density at radius 1 is 1.27 bits per heavy atom. The monoisotopic (exact) mass is 296 g/mol. The number of oxime groups is 1. The van der Waals surface area contributed by atoms with E-state index in [1.165, 1.54) is 36.8 Å². The van der Waals surface area contributed by atoms with Crippen molar-refractivity contribution in [2.24, 2.45) is 18.1 Å². The fourth-order valence-electron chi connectivity index (χ4n) is 4.26. The molecule has 2 bridgehead atoms. The number of hydrogen-bond donors (Lipinski definition) is 1. The van der Waals surface area contributed by atoms with Crippen molar-refractivity contribution < 1.29 is 4.84 Å². The van der Waals surface area contributed by atoms with Crippen molar-refractivity contribution in [3.63, 3.8) is 0 Å². The number of piperidine rings is 3. The molecule has 3 saturated heterocycles. The van der Waals surface area contributed by atoms with E-state index in [4.69, 9.17) is 4.84 Å². The van der Waals surface area contributed by atoms with E-state index in [2.05, 4.69) is 57.3 Å². The van der Waals surface area contributed by atoms with Crippen LogP contribution in [0.5, 0.6) is 0 Å². The van der Waals surface area contributed by atoms with Gasteiger partial charge in [0.05, 0.1) is 12.2 Å². The average molecular weight is 296 g/mol. The molecule has 114 valence electrons. The lowest BCUT2D eigenvalue weighted by Crippen LogP contribution is -2.65. The Labute approximate surface area is 129 Å². The summed E-state index contributed by atoms with van der Waals surface area (Å²) in [5.41, 5.74) is 2.01. The van der Waals surface area contributed by atoms with E-state index in [0.717, 1.165) is 18.1 Å². The van der Waals surface area contributed by atoms with Gasteiger partial charge in [0.15, 0.2) is 5.84 Å². The quantitative estimate of drug-likeness (QED) is 0.873. The van der Waals surface area contributed by atoms with Gasteiger partial charge in [0.2, 0.25) is 5.72 Å². The van der Waals surface area contributed by atoms with Gasteiger partial charge in [-0.05, 0) is 38.1 Å². The summed E-state index contributed by atoms with van der Waals surface area (Å²) in [6.07, 6.45) is 2.40. The Hall–Kier alpha value is -2.01. The maximum atomic E-state index is 5.96. The topological polar surface area (TPSA) is 41.8 Å². The molecule has 5 heterocycles. The summed E-state index contributed by atoms with van der Waals surface area (Å²) >= 11 is 0. The average Bonchev–Trinajstić information content (AvgIpc) is 3.11. The molecule has 4 aliphatic rings. The predicted octanol–water partition coefficient (Wildman–Crippen LogP) is 1.88. The molecule has 0 amide bonds. The third-order valence-corrected chi connectivity index (χ3v) is 5.53. The molecule has 0 saturated carbocycles. The van der Waals surface area contributed by atoms with Gasteiger partial charge in [-0.1, -0.05) is 23.4 Å². The molecule has 5 heteroatoms. The number of nitrogens with one attached hydrogen (secondary N) is 1. The van der Waals surface area contributed by atoms with Crippen molar-refractivity contribution in [3.8, 4) is 0 Å². The minimum Gasteiger partial charge on any atom is -0.364 e. The zero-order valence-corrected chi connectivity index (χ0v) is 12.7. The summed E-state index contributed by atoms with van der Waals surface area (Å²) < 4.78 is 2.19. The van der Waals surface area contributed by atoms with E-state index < -0.39 is 0 Å². The fraction of sp³-hybridized carbons (Fsp3) is 0.471. The molecule has 6 rings (SSSR count). The van der Waals surface area contributed by atoms with Crippen LogP contribution in [-0.4, -0.2) is 40.7 Å². The summed E-state index contributed by atoms with van der Waals surface area (Å²) in [5, 5.41) is 9.27. The van der Waals surface area contributed by atoms with E-state index in [-0.39, 0.29) is 5.72 Å². The van der Waals surface area contributed by atoms with E-state index in [0.29, 0.717) is 5.92 Å². The molecule has 4 aliphatic heterocycles. The van der Waals surface area contributed by atoms with Crippen LogP contribution in [0.25, 0.3) is 10.9 Å². The molecule has 1 spiro atoms. The Morgan fingerprint density at radius 2 is 2.09 bits per heavy atom. The van der Waals surface area contributed by atoms with Gasteiger partial charge in [0.1, 0.15) is 0 Å². The Morgan fingerprint density at radius 3 is 2.82 bits per heavy atom. The molecular formula is C17H20N4O. The van der Waals surface area contributed by atoms with Crippen molar-refractivity contribution in [2.75, 3.05) is 19.6 Å². The number of hydrogen-bond acceptors (Lipinski definition) is 4. The van der Waals surface area contributed by atoms with Crippen LogP contribution in [0.2, 0.25) is 0 Å². The van der Waals surface area contributed by atoms with Crippen LogP contribution < -0.4 is 5.32 Å². The molecule has 1 N–H and O–H groups in total. The second-order valence-corrected chi connectivity index (χ2v) is 6.74. The van der Waals surface area contributed by atoms with Gasteiger partial charge in [0, 0.05) is 23.9 Å². The van der Waals surface area contributed by atoms with Gasteiger partial charge in [-0.15, -0.1) is 0 Å². The van der Waals surface area contributed by atoms with Crippen LogP contribution in [0, 0.1) is 5.92 Å². The third-order valence-electron chi connectivity index (χ3n) is 5.53. The fourth-order valence-corrected chi connectivity index (χ4v) is 4.26. The maximum Gasteiger partial charge on any atom is 0.224 e. The van der Waals surface area contributed by atoms with Crippen LogP contribution in [0.1, 0.15) is 18.5 Å². The second-order valence-electron chi connectivity index (χ2n) is 6.74. The van der Waals surface area contributed by atoms with Gasteiger partial charge >= 0.3 is 0 Å². The van der Waals surface area contributed by atoms with Crippen LogP contribution in [0.3, 0.4) is 0 Å². The summed E-state index contributed by atoms with van der Waals surface area (Å²) in [6, 6.07) is 10.6. The highest BCUT2D eigenvalue weighted by Gasteiger charge is 2.52. The summed E-state index contributed by atoms with van der Waals surface area (Å²) in [4.78, 5) is 8.43. The number of para-hydroxylation sites is 1. The van der Waals surface area contributed by atoms with E-state index in [1.807, 2.05) is 0 Å². The number of aromatic nitrogens is 1. The molecule has 3 fully saturated rings.